The van der Waals surface area contributed by atoms with Crippen LogP contribution >= 0.6 is 0 Å². The highest BCUT2D eigenvalue weighted by molar-refractivity contribution is 6.33. The van der Waals surface area contributed by atoms with Crippen molar-refractivity contribution in [3.63, 3.8) is 0 Å². The number of aryl methyl sites for hydroxylation is 2. The molecule has 2 aliphatic rings. The number of carbonyl (C=O) groups excluding carboxylic acids is 1. The van der Waals surface area contributed by atoms with Crippen molar-refractivity contribution in [2.75, 3.05) is 25.0 Å². The minimum Gasteiger partial charge on any atom is -1.00 e. The molecule has 0 atom stereocenters. The quantitative estimate of drug-likeness (QED) is 0.174. The van der Waals surface area contributed by atoms with Crippen molar-refractivity contribution in [1.29, 1.82) is 0 Å². The van der Waals surface area contributed by atoms with Crippen LogP contribution in [-0.4, -0.2) is 33.2 Å². The number of anilines is 1. The van der Waals surface area contributed by atoms with Gasteiger partial charge in [-0.05, 0) is 63.9 Å². The van der Waals surface area contributed by atoms with Crippen molar-refractivity contribution >= 4 is 30.2 Å². The SMILES string of the molecule is CCNc1cc2oc3cc(=[NH+]CC)c(C)cc-3c(-c3ccccc3C(=O)OCC)c2cc1C.FB(F)F.[F-]. The normalized spacial score (nSPS) is 11.0. The molecule has 1 heterocycles. The van der Waals surface area contributed by atoms with Gasteiger partial charge in [0.15, 0.2) is 0 Å². The number of esters is 1. The average Bonchev–Trinajstić information content (AvgIpc) is 2.84. The molecule has 0 fully saturated rings. The van der Waals surface area contributed by atoms with Gasteiger partial charge in [-0.25, -0.2) is 9.79 Å². The minimum absolute atomic E-state index is 0. The number of carbonyl (C=O) groups is 1. The maximum atomic E-state index is 12.9. The lowest BCUT2D eigenvalue weighted by Gasteiger charge is -2.19. The van der Waals surface area contributed by atoms with E-state index in [0.29, 0.717) is 12.2 Å². The lowest BCUT2D eigenvalue weighted by atomic mass is 9.89. The third-order valence-corrected chi connectivity index (χ3v) is 5.84. The number of fused-ring (bicyclic) bond motifs is 2. The van der Waals surface area contributed by atoms with Crippen LogP contribution in [0.1, 0.15) is 42.3 Å². The molecule has 5 nitrogen and oxygen atoms in total. The predicted octanol–water partition coefficient (Wildman–Crippen LogP) is 2.31. The van der Waals surface area contributed by atoms with Crippen LogP contribution in [0.2, 0.25) is 0 Å². The average molecular weight is 530 g/mol. The molecular formula is C28H31BF4N2O3. The highest BCUT2D eigenvalue weighted by Gasteiger charge is 2.23. The van der Waals surface area contributed by atoms with Gasteiger partial charge in [-0.2, -0.15) is 0 Å². The van der Waals surface area contributed by atoms with E-state index in [4.69, 9.17) is 9.15 Å². The molecule has 1 aliphatic carbocycles. The molecule has 0 saturated carbocycles. The first-order valence-corrected chi connectivity index (χ1v) is 12.2. The van der Waals surface area contributed by atoms with Crippen LogP contribution in [0.5, 0.6) is 0 Å². The Morgan fingerprint density at radius 1 is 1.00 bits per heavy atom. The summed E-state index contributed by atoms with van der Waals surface area (Å²) in [7, 11) is -3.67. The van der Waals surface area contributed by atoms with E-state index < -0.39 is 7.54 Å². The Bertz CT molecular complexity index is 1440. The monoisotopic (exact) mass is 530 g/mol. The largest absolute Gasteiger partial charge is 1.00 e. The van der Waals surface area contributed by atoms with Gasteiger partial charge in [-0.3, -0.25) is 12.9 Å². The van der Waals surface area contributed by atoms with Gasteiger partial charge in [0.05, 0.1) is 18.2 Å². The highest BCUT2D eigenvalue weighted by atomic mass is 19.4. The fourth-order valence-electron chi connectivity index (χ4n) is 4.34. The Balaban J connectivity index is 0.000000947. The molecule has 2 aromatic rings. The molecule has 0 radical (unpaired) electrons. The molecule has 0 amide bonds. The molecule has 0 bridgehead atoms. The number of nitrogens with one attached hydrogen (secondary N) is 2. The fraction of sp³-hybridized carbons (Fsp3) is 0.286. The maximum Gasteiger partial charge on any atom is 0.762 e. The molecule has 2 N–H and O–H groups in total. The number of ether oxygens (including phenoxy) is 1. The molecular weight excluding hydrogens is 499 g/mol. The summed E-state index contributed by atoms with van der Waals surface area (Å²) in [4.78, 5) is 16.3. The third kappa shape index (κ3) is 6.73. The molecule has 0 unspecified atom stereocenters. The number of benzene rings is 3. The van der Waals surface area contributed by atoms with Gasteiger partial charge >= 0.3 is 13.5 Å². The smallest absolute Gasteiger partial charge is 0.762 e. The molecule has 38 heavy (non-hydrogen) atoms. The van der Waals surface area contributed by atoms with Crippen molar-refractivity contribution in [1.82, 2.24) is 0 Å². The Morgan fingerprint density at radius 3 is 2.32 bits per heavy atom. The lowest BCUT2D eigenvalue weighted by Crippen LogP contribution is -3.00. The summed E-state index contributed by atoms with van der Waals surface area (Å²) >= 11 is 0. The zero-order chi connectivity index (χ0) is 27.1. The fourth-order valence-corrected chi connectivity index (χ4v) is 4.34. The van der Waals surface area contributed by atoms with E-state index in [0.717, 1.165) is 68.7 Å². The van der Waals surface area contributed by atoms with E-state index in [-0.39, 0.29) is 10.7 Å². The Hall–Kier alpha value is -3.82. The zero-order valence-corrected chi connectivity index (χ0v) is 22.1. The molecule has 1 aliphatic heterocycles. The molecule has 202 valence electrons. The lowest BCUT2D eigenvalue weighted by molar-refractivity contribution is -0.496. The number of hydrogen-bond donors (Lipinski definition) is 2. The summed E-state index contributed by atoms with van der Waals surface area (Å²) in [5.41, 5.74) is 7.38. The summed E-state index contributed by atoms with van der Waals surface area (Å²) in [5, 5.41) is 5.42. The van der Waals surface area contributed by atoms with Crippen LogP contribution in [-0.2, 0) is 4.74 Å². The standard InChI is InChI=1S/C28H30N2O3.BF3.FH/c1-6-29-23-15-25-21(13-17(23)4)27(19-11-9-10-12-20(19)28(31)32-8-3)22-14-18(5)24(30-7-2)16-26(22)33-25;2-1(3)4;/h9-16,29H,6-8H2,1-5H3;;1H. The molecule has 10 heteroatoms. The predicted molar refractivity (Wildman–Crippen MR) is 142 cm³/mol. The first-order chi connectivity index (χ1) is 17.7. The van der Waals surface area contributed by atoms with Gasteiger partial charge in [0.25, 0.3) is 0 Å². The van der Waals surface area contributed by atoms with E-state index in [1.165, 1.54) is 0 Å². The van der Waals surface area contributed by atoms with Crippen molar-refractivity contribution in [2.45, 2.75) is 34.6 Å². The second-order valence-electron chi connectivity index (χ2n) is 8.38. The first-order valence-electron chi connectivity index (χ1n) is 12.2. The van der Waals surface area contributed by atoms with Crippen LogP contribution in [0.25, 0.3) is 33.4 Å². The zero-order valence-electron chi connectivity index (χ0n) is 22.1. The third-order valence-electron chi connectivity index (χ3n) is 5.84. The molecule has 0 aromatic heterocycles. The molecule has 0 spiro atoms. The second-order valence-corrected chi connectivity index (χ2v) is 8.38. The van der Waals surface area contributed by atoms with E-state index in [1.807, 2.05) is 31.2 Å². The van der Waals surface area contributed by atoms with E-state index in [1.54, 1.807) is 0 Å². The molecule has 4 rings (SSSR count). The van der Waals surface area contributed by atoms with Crippen LogP contribution in [0.4, 0.5) is 18.6 Å². The summed E-state index contributed by atoms with van der Waals surface area (Å²) < 4.78 is 40.8. The minimum atomic E-state index is -3.67. The van der Waals surface area contributed by atoms with Gasteiger partial charge in [0, 0.05) is 40.4 Å². The van der Waals surface area contributed by atoms with Crippen molar-refractivity contribution in [2.24, 2.45) is 0 Å². The van der Waals surface area contributed by atoms with Crippen LogP contribution < -0.4 is 20.4 Å². The summed E-state index contributed by atoms with van der Waals surface area (Å²) in [5.74, 6) is 0.446. The van der Waals surface area contributed by atoms with Gasteiger partial charge in [-0.1, -0.05) is 18.2 Å². The maximum absolute atomic E-state index is 12.9. The summed E-state index contributed by atoms with van der Waals surface area (Å²) in [6, 6.07) is 16.0. The van der Waals surface area contributed by atoms with E-state index in [9.17, 15) is 17.7 Å². The van der Waals surface area contributed by atoms with Crippen LogP contribution in [0.15, 0.2) is 52.9 Å². The van der Waals surface area contributed by atoms with Crippen molar-refractivity contribution < 1.29 is 36.6 Å². The summed E-state index contributed by atoms with van der Waals surface area (Å²) in [6.07, 6.45) is 0. The highest BCUT2D eigenvalue weighted by Crippen LogP contribution is 2.42. The van der Waals surface area contributed by atoms with Crippen molar-refractivity contribution in [3.05, 3.63) is 70.6 Å². The van der Waals surface area contributed by atoms with Crippen molar-refractivity contribution in [3.8, 4) is 22.5 Å². The van der Waals surface area contributed by atoms with E-state index >= 15 is 0 Å². The number of hydrogen-bond acceptors (Lipinski definition) is 4. The van der Waals surface area contributed by atoms with Gasteiger partial charge < -0.3 is 19.2 Å². The molecule has 0 saturated heterocycles. The second kappa shape index (κ2) is 13.6. The molecule has 2 aromatic carbocycles. The van der Waals surface area contributed by atoms with Crippen LogP contribution in [0.3, 0.4) is 0 Å². The summed E-state index contributed by atoms with van der Waals surface area (Å²) in [6.45, 7) is 12.1. The Kier molecular flexibility index (Phi) is 10.9. The van der Waals surface area contributed by atoms with Crippen LogP contribution in [0, 0.1) is 13.8 Å². The van der Waals surface area contributed by atoms with E-state index in [2.05, 4.69) is 62.3 Å². The number of rotatable bonds is 6. The van der Waals surface area contributed by atoms with Gasteiger partial charge in [0.1, 0.15) is 17.9 Å². The van der Waals surface area contributed by atoms with Gasteiger partial charge in [0.2, 0.25) is 5.36 Å². The number of halogens is 4. The Morgan fingerprint density at radius 2 is 1.68 bits per heavy atom. The topological polar surface area (TPSA) is 65.4 Å². The van der Waals surface area contributed by atoms with Gasteiger partial charge in [-0.15, -0.1) is 0 Å². The Labute approximate surface area is 219 Å². The first kappa shape index (κ1) is 30.4.